The van der Waals surface area contributed by atoms with Gasteiger partial charge in [-0.2, -0.15) is 0 Å². The van der Waals surface area contributed by atoms with Crippen LogP contribution in [0.1, 0.15) is 5.69 Å². The number of aryl methyl sites for hydroxylation is 1. The fraction of sp³-hybridized carbons (Fsp3) is 0.0909. The molecular formula is C11H10BrN. The van der Waals surface area contributed by atoms with Crippen molar-refractivity contribution >= 4 is 15.9 Å². The van der Waals surface area contributed by atoms with E-state index in [2.05, 4.69) is 58.2 Å². The minimum atomic E-state index is 1.11. The van der Waals surface area contributed by atoms with E-state index in [1.807, 2.05) is 6.20 Å². The van der Waals surface area contributed by atoms with Crippen LogP contribution in [0.4, 0.5) is 0 Å². The minimum absolute atomic E-state index is 1.11. The first-order valence-corrected chi connectivity index (χ1v) is 4.96. The van der Waals surface area contributed by atoms with Crippen LogP contribution in [0, 0.1) is 6.92 Å². The number of aromatic amines is 1. The van der Waals surface area contributed by atoms with Crippen LogP contribution < -0.4 is 0 Å². The maximum absolute atomic E-state index is 3.42. The van der Waals surface area contributed by atoms with E-state index in [-0.39, 0.29) is 0 Å². The van der Waals surface area contributed by atoms with Crippen molar-refractivity contribution in [3.63, 3.8) is 0 Å². The van der Waals surface area contributed by atoms with E-state index in [1.54, 1.807) is 0 Å². The number of H-pyrrole nitrogens is 1. The fourth-order valence-corrected chi connectivity index (χ4v) is 1.58. The number of hydrogen-bond donors (Lipinski definition) is 1. The molecule has 0 radical (unpaired) electrons. The van der Waals surface area contributed by atoms with E-state index in [1.165, 1.54) is 16.8 Å². The van der Waals surface area contributed by atoms with Crippen molar-refractivity contribution in [2.45, 2.75) is 6.92 Å². The zero-order valence-electron chi connectivity index (χ0n) is 7.34. The molecule has 1 nitrogen and oxygen atoms in total. The third-order valence-electron chi connectivity index (χ3n) is 2.00. The van der Waals surface area contributed by atoms with Gasteiger partial charge in [-0.3, -0.25) is 0 Å². The van der Waals surface area contributed by atoms with Crippen LogP contribution in [0.2, 0.25) is 0 Å². The zero-order chi connectivity index (χ0) is 9.26. The van der Waals surface area contributed by atoms with Crippen molar-refractivity contribution < 1.29 is 0 Å². The van der Waals surface area contributed by atoms with Crippen LogP contribution in [0.25, 0.3) is 11.1 Å². The Labute approximate surface area is 85.9 Å². The summed E-state index contributed by atoms with van der Waals surface area (Å²) in [5, 5.41) is 0. The molecule has 66 valence electrons. The van der Waals surface area contributed by atoms with Gasteiger partial charge >= 0.3 is 0 Å². The standard InChI is InChI=1S/C11H10BrN/c1-8-6-10(7-13-8)9-2-4-11(12)5-3-9/h2-7,13H,1H3. The molecule has 1 heterocycles. The van der Waals surface area contributed by atoms with E-state index in [0.29, 0.717) is 0 Å². The molecule has 0 unspecified atom stereocenters. The van der Waals surface area contributed by atoms with Crippen molar-refractivity contribution in [3.8, 4) is 11.1 Å². The van der Waals surface area contributed by atoms with Gasteiger partial charge in [0.05, 0.1) is 0 Å². The molecule has 2 rings (SSSR count). The Hall–Kier alpha value is -1.02. The number of benzene rings is 1. The lowest BCUT2D eigenvalue weighted by Gasteiger charge is -1.96. The summed E-state index contributed by atoms with van der Waals surface area (Å²) < 4.78 is 1.11. The third-order valence-corrected chi connectivity index (χ3v) is 2.53. The van der Waals surface area contributed by atoms with Gasteiger partial charge in [0.15, 0.2) is 0 Å². The maximum atomic E-state index is 3.42. The summed E-state index contributed by atoms with van der Waals surface area (Å²) in [6, 6.07) is 10.5. The highest BCUT2D eigenvalue weighted by molar-refractivity contribution is 9.10. The molecular weight excluding hydrogens is 226 g/mol. The van der Waals surface area contributed by atoms with Crippen molar-refractivity contribution in [3.05, 3.63) is 46.7 Å². The monoisotopic (exact) mass is 235 g/mol. The molecule has 1 aromatic heterocycles. The quantitative estimate of drug-likeness (QED) is 0.776. The maximum Gasteiger partial charge on any atom is 0.0175 e. The van der Waals surface area contributed by atoms with E-state index >= 15 is 0 Å². The fourth-order valence-electron chi connectivity index (χ4n) is 1.32. The molecule has 0 aliphatic heterocycles. The predicted octanol–water partition coefficient (Wildman–Crippen LogP) is 3.75. The summed E-state index contributed by atoms with van der Waals surface area (Å²) in [4.78, 5) is 3.17. The van der Waals surface area contributed by atoms with Gasteiger partial charge in [0.1, 0.15) is 0 Å². The van der Waals surface area contributed by atoms with E-state index < -0.39 is 0 Å². The Morgan fingerprint density at radius 2 is 1.77 bits per heavy atom. The number of halogens is 1. The van der Waals surface area contributed by atoms with E-state index in [9.17, 15) is 0 Å². The zero-order valence-corrected chi connectivity index (χ0v) is 8.93. The second kappa shape index (κ2) is 3.38. The third kappa shape index (κ3) is 1.83. The number of aromatic nitrogens is 1. The molecule has 0 saturated carbocycles. The highest BCUT2D eigenvalue weighted by Gasteiger charge is 1.98. The van der Waals surface area contributed by atoms with Crippen LogP contribution in [-0.4, -0.2) is 4.98 Å². The molecule has 2 heteroatoms. The lowest BCUT2D eigenvalue weighted by molar-refractivity contribution is 1.27. The van der Waals surface area contributed by atoms with Gasteiger partial charge < -0.3 is 4.98 Å². The van der Waals surface area contributed by atoms with E-state index in [0.717, 1.165) is 4.47 Å². The summed E-state index contributed by atoms with van der Waals surface area (Å²) in [6.45, 7) is 2.06. The van der Waals surface area contributed by atoms with Gasteiger partial charge in [0.2, 0.25) is 0 Å². The van der Waals surface area contributed by atoms with E-state index in [4.69, 9.17) is 0 Å². The second-order valence-electron chi connectivity index (χ2n) is 3.08. The Morgan fingerprint density at radius 1 is 1.08 bits per heavy atom. The molecule has 1 aromatic carbocycles. The molecule has 1 N–H and O–H groups in total. The summed E-state index contributed by atoms with van der Waals surface area (Å²) >= 11 is 3.42. The van der Waals surface area contributed by atoms with Crippen LogP contribution in [0.3, 0.4) is 0 Å². The minimum Gasteiger partial charge on any atom is -0.365 e. The molecule has 2 aromatic rings. The molecule has 0 saturated heterocycles. The molecule has 0 atom stereocenters. The first-order valence-electron chi connectivity index (χ1n) is 4.17. The Balaban J connectivity index is 2.41. The molecule has 0 amide bonds. The molecule has 0 bridgehead atoms. The van der Waals surface area contributed by atoms with Crippen LogP contribution >= 0.6 is 15.9 Å². The van der Waals surface area contributed by atoms with Gasteiger partial charge in [0.25, 0.3) is 0 Å². The smallest absolute Gasteiger partial charge is 0.0175 e. The van der Waals surface area contributed by atoms with Crippen molar-refractivity contribution in [2.75, 3.05) is 0 Å². The summed E-state index contributed by atoms with van der Waals surface area (Å²) in [5.41, 5.74) is 3.68. The summed E-state index contributed by atoms with van der Waals surface area (Å²) in [5.74, 6) is 0. The molecule has 0 aliphatic rings. The largest absolute Gasteiger partial charge is 0.365 e. The molecule has 0 spiro atoms. The highest BCUT2D eigenvalue weighted by atomic mass is 79.9. The Kier molecular flexibility index (Phi) is 2.23. The average molecular weight is 236 g/mol. The number of hydrogen-bond acceptors (Lipinski definition) is 0. The predicted molar refractivity (Wildman–Crippen MR) is 58.7 cm³/mol. The average Bonchev–Trinajstić information content (AvgIpc) is 2.53. The Morgan fingerprint density at radius 3 is 2.31 bits per heavy atom. The number of nitrogens with one attached hydrogen (secondary N) is 1. The summed E-state index contributed by atoms with van der Waals surface area (Å²) in [7, 11) is 0. The molecule has 13 heavy (non-hydrogen) atoms. The second-order valence-corrected chi connectivity index (χ2v) is 3.99. The molecule has 0 fully saturated rings. The van der Waals surface area contributed by atoms with Gasteiger partial charge in [-0.05, 0) is 36.2 Å². The van der Waals surface area contributed by atoms with Gasteiger partial charge in [-0.15, -0.1) is 0 Å². The summed E-state index contributed by atoms with van der Waals surface area (Å²) in [6.07, 6.45) is 2.03. The first-order chi connectivity index (χ1) is 6.25. The van der Waals surface area contributed by atoms with Gasteiger partial charge in [0, 0.05) is 16.4 Å². The van der Waals surface area contributed by atoms with Gasteiger partial charge in [-0.1, -0.05) is 28.1 Å². The highest BCUT2D eigenvalue weighted by Crippen LogP contribution is 2.21. The SMILES string of the molecule is Cc1cc(-c2ccc(Br)cc2)c[nH]1. The topological polar surface area (TPSA) is 15.8 Å². The Bertz CT molecular complexity index is 400. The molecule has 0 aliphatic carbocycles. The normalized spacial score (nSPS) is 10.3. The van der Waals surface area contributed by atoms with Crippen LogP contribution in [-0.2, 0) is 0 Å². The van der Waals surface area contributed by atoms with Crippen molar-refractivity contribution in [1.29, 1.82) is 0 Å². The number of rotatable bonds is 1. The lowest BCUT2D eigenvalue weighted by atomic mass is 10.1. The van der Waals surface area contributed by atoms with Crippen molar-refractivity contribution in [1.82, 2.24) is 4.98 Å². The lowest BCUT2D eigenvalue weighted by Crippen LogP contribution is -1.71. The first kappa shape index (κ1) is 8.57. The van der Waals surface area contributed by atoms with Crippen molar-refractivity contribution in [2.24, 2.45) is 0 Å². The van der Waals surface area contributed by atoms with Crippen LogP contribution in [0.15, 0.2) is 41.0 Å². The van der Waals surface area contributed by atoms with Gasteiger partial charge in [-0.25, -0.2) is 0 Å². The van der Waals surface area contributed by atoms with Crippen LogP contribution in [0.5, 0.6) is 0 Å².